The lowest BCUT2D eigenvalue weighted by molar-refractivity contribution is 0.0834. The third-order valence-corrected chi connectivity index (χ3v) is 2.41. The Kier molecular flexibility index (Phi) is 4.77. The first-order valence-corrected chi connectivity index (χ1v) is 5.46. The van der Waals surface area contributed by atoms with E-state index >= 15 is 0 Å². The van der Waals surface area contributed by atoms with Crippen LogP contribution < -0.4 is 5.73 Å². The topological polar surface area (TPSA) is 58.8 Å². The minimum Gasteiger partial charge on any atom is -0.450 e. The molecule has 1 amide bonds. The summed E-state index contributed by atoms with van der Waals surface area (Å²) in [7, 11) is 0. The van der Waals surface area contributed by atoms with Crippen LogP contribution >= 0.6 is 12.2 Å². The third-order valence-electron chi connectivity index (χ3n) is 2.28. The second-order valence-electron chi connectivity index (χ2n) is 3.43. The van der Waals surface area contributed by atoms with Gasteiger partial charge < -0.3 is 15.4 Å². The number of hydrogen-bond donors (Lipinski definition) is 1. The maximum Gasteiger partial charge on any atom is 0.409 e. The van der Waals surface area contributed by atoms with Gasteiger partial charge in [-0.15, -0.1) is 0 Å². The molecule has 0 bridgehead atoms. The summed E-state index contributed by atoms with van der Waals surface area (Å²) in [6.45, 7) is 5.83. The number of carbonyl (C=O) groups excluding carboxylic acids is 1. The summed E-state index contributed by atoms with van der Waals surface area (Å²) in [5, 5.41) is 0. The van der Waals surface area contributed by atoms with Crippen molar-refractivity contribution in [1.29, 1.82) is 0 Å². The maximum atomic E-state index is 11.4. The van der Waals surface area contributed by atoms with Crippen LogP contribution in [0.4, 0.5) is 4.79 Å². The molecule has 1 saturated heterocycles. The van der Waals surface area contributed by atoms with Gasteiger partial charge in [-0.05, 0) is 6.92 Å². The predicted molar refractivity (Wildman–Crippen MR) is 61.8 cm³/mol. The molecule has 0 atom stereocenters. The Labute approximate surface area is 95.1 Å². The highest BCUT2D eigenvalue weighted by Gasteiger charge is 2.21. The van der Waals surface area contributed by atoms with E-state index in [1.807, 2.05) is 0 Å². The average Bonchev–Trinajstić information content (AvgIpc) is 2.18. The van der Waals surface area contributed by atoms with Crippen molar-refractivity contribution in [1.82, 2.24) is 9.80 Å². The molecule has 0 unspecified atom stereocenters. The van der Waals surface area contributed by atoms with Crippen molar-refractivity contribution in [2.75, 3.05) is 39.3 Å². The zero-order valence-corrected chi connectivity index (χ0v) is 9.76. The number of nitrogens with zero attached hydrogens (tertiary/aromatic N) is 2. The number of nitrogens with two attached hydrogens (primary N) is 1. The average molecular weight is 231 g/mol. The smallest absolute Gasteiger partial charge is 0.409 e. The summed E-state index contributed by atoms with van der Waals surface area (Å²) in [6.07, 6.45) is -0.229. The lowest BCUT2D eigenvalue weighted by Crippen LogP contribution is -2.50. The van der Waals surface area contributed by atoms with Crippen LogP contribution in [0.2, 0.25) is 0 Å². The van der Waals surface area contributed by atoms with Crippen molar-refractivity contribution in [3.8, 4) is 0 Å². The van der Waals surface area contributed by atoms with Gasteiger partial charge in [0.05, 0.1) is 11.6 Å². The normalized spacial score (nSPS) is 17.5. The van der Waals surface area contributed by atoms with Crippen LogP contribution in [-0.2, 0) is 4.74 Å². The van der Waals surface area contributed by atoms with E-state index in [1.54, 1.807) is 11.8 Å². The van der Waals surface area contributed by atoms with E-state index in [-0.39, 0.29) is 6.09 Å². The lowest BCUT2D eigenvalue weighted by atomic mass is 10.3. The van der Waals surface area contributed by atoms with E-state index in [0.29, 0.717) is 31.2 Å². The molecule has 1 fully saturated rings. The third kappa shape index (κ3) is 4.01. The van der Waals surface area contributed by atoms with E-state index in [4.69, 9.17) is 22.7 Å². The number of amides is 1. The molecule has 0 spiro atoms. The molecule has 0 saturated carbocycles. The zero-order chi connectivity index (χ0) is 11.3. The fourth-order valence-electron chi connectivity index (χ4n) is 1.52. The molecule has 1 heterocycles. The summed E-state index contributed by atoms with van der Waals surface area (Å²) in [4.78, 5) is 15.7. The molecule has 15 heavy (non-hydrogen) atoms. The lowest BCUT2D eigenvalue weighted by Gasteiger charge is -2.33. The van der Waals surface area contributed by atoms with Gasteiger partial charge >= 0.3 is 6.09 Å². The zero-order valence-electron chi connectivity index (χ0n) is 8.94. The second kappa shape index (κ2) is 5.87. The Hall–Kier alpha value is -0.880. The second-order valence-corrected chi connectivity index (χ2v) is 3.95. The molecule has 5 nitrogen and oxygen atoms in total. The first-order chi connectivity index (χ1) is 7.13. The molecule has 0 aliphatic carbocycles. The number of carbonyl (C=O) groups is 1. The molecular weight excluding hydrogens is 214 g/mol. The molecule has 6 heteroatoms. The fraction of sp³-hybridized carbons (Fsp3) is 0.778. The van der Waals surface area contributed by atoms with Crippen molar-refractivity contribution in [2.45, 2.75) is 6.92 Å². The van der Waals surface area contributed by atoms with Crippen LogP contribution in [0.1, 0.15) is 6.92 Å². The Morgan fingerprint density at radius 2 is 2.00 bits per heavy atom. The van der Waals surface area contributed by atoms with Crippen LogP contribution in [0.25, 0.3) is 0 Å². The van der Waals surface area contributed by atoms with Crippen LogP contribution in [0.15, 0.2) is 0 Å². The maximum absolute atomic E-state index is 11.4. The van der Waals surface area contributed by atoms with Gasteiger partial charge in [0.1, 0.15) is 0 Å². The van der Waals surface area contributed by atoms with Gasteiger partial charge in [0, 0.05) is 32.7 Å². The van der Waals surface area contributed by atoms with Gasteiger partial charge in [0.25, 0.3) is 0 Å². The Balaban J connectivity index is 2.29. The van der Waals surface area contributed by atoms with E-state index in [1.165, 1.54) is 0 Å². The van der Waals surface area contributed by atoms with Gasteiger partial charge in [-0.1, -0.05) is 12.2 Å². The van der Waals surface area contributed by atoms with Gasteiger partial charge in [-0.3, -0.25) is 4.90 Å². The van der Waals surface area contributed by atoms with E-state index < -0.39 is 0 Å². The van der Waals surface area contributed by atoms with Gasteiger partial charge in [0.2, 0.25) is 0 Å². The molecule has 2 N–H and O–H groups in total. The molecule has 0 aromatic carbocycles. The Morgan fingerprint density at radius 3 is 2.47 bits per heavy atom. The summed E-state index contributed by atoms with van der Waals surface area (Å²) in [5.74, 6) is 0. The molecule has 0 aromatic rings. The highest BCUT2D eigenvalue weighted by molar-refractivity contribution is 7.80. The molecule has 0 radical (unpaired) electrons. The number of piperazine rings is 1. The SMILES string of the molecule is CCOC(=O)N1CCN(CC(N)=S)CC1. The quantitative estimate of drug-likeness (QED) is 0.695. The molecule has 0 aromatic heterocycles. The summed E-state index contributed by atoms with van der Waals surface area (Å²) < 4.78 is 4.92. The van der Waals surface area contributed by atoms with E-state index in [0.717, 1.165) is 13.1 Å². The largest absolute Gasteiger partial charge is 0.450 e. The van der Waals surface area contributed by atoms with Gasteiger partial charge in [0.15, 0.2) is 0 Å². The van der Waals surface area contributed by atoms with Crippen molar-refractivity contribution >= 4 is 23.3 Å². The van der Waals surface area contributed by atoms with Crippen molar-refractivity contribution in [3.05, 3.63) is 0 Å². The predicted octanol–water partition coefficient (Wildman–Crippen LogP) is 0.0466. The summed E-state index contributed by atoms with van der Waals surface area (Å²) in [6, 6.07) is 0. The highest BCUT2D eigenvalue weighted by Crippen LogP contribution is 2.03. The van der Waals surface area contributed by atoms with Gasteiger partial charge in [-0.25, -0.2) is 4.79 Å². The van der Waals surface area contributed by atoms with Crippen LogP contribution in [0.3, 0.4) is 0 Å². The number of ether oxygens (including phenoxy) is 1. The summed E-state index contributed by atoms with van der Waals surface area (Å²) in [5.41, 5.74) is 5.45. The molecule has 86 valence electrons. The summed E-state index contributed by atoms with van der Waals surface area (Å²) >= 11 is 4.83. The number of thiocarbonyl (C=S) groups is 1. The van der Waals surface area contributed by atoms with Crippen LogP contribution in [0.5, 0.6) is 0 Å². The van der Waals surface area contributed by atoms with Crippen molar-refractivity contribution in [2.24, 2.45) is 5.73 Å². The van der Waals surface area contributed by atoms with Crippen molar-refractivity contribution < 1.29 is 9.53 Å². The minimum atomic E-state index is -0.229. The standard InChI is InChI=1S/C9H17N3O2S/c1-2-14-9(13)12-5-3-11(4-6-12)7-8(10)15/h2-7H2,1H3,(H2,10,15). The number of hydrogen-bond acceptors (Lipinski definition) is 4. The molecule has 1 aliphatic rings. The number of rotatable bonds is 3. The Bertz CT molecular complexity index is 240. The first kappa shape index (κ1) is 12.2. The van der Waals surface area contributed by atoms with E-state index in [2.05, 4.69) is 4.90 Å². The molecule has 1 rings (SSSR count). The molecular formula is C9H17N3O2S. The van der Waals surface area contributed by atoms with Crippen molar-refractivity contribution in [3.63, 3.8) is 0 Å². The first-order valence-electron chi connectivity index (χ1n) is 5.06. The fourth-order valence-corrected chi connectivity index (χ4v) is 1.71. The Morgan fingerprint density at radius 1 is 1.40 bits per heavy atom. The van der Waals surface area contributed by atoms with Crippen LogP contribution in [0, 0.1) is 0 Å². The van der Waals surface area contributed by atoms with Crippen LogP contribution in [-0.4, -0.2) is 60.2 Å². The molecule has 1 aliphatic heterocycles. The van der Waals surface area contributed by atoms with E-state index in [9.17, 15) is 4.79 Å². The minimum absolute atomic E-state index is 0.229. The highest BCUT2D eigenvalue weighted by atomic mass is 32.1. The monoisotopic (exact) mass is 231 g/mol. The van der Waals surface area contributed by atoms with Gasteiger partial charge in [-0.2, -0.15) is 0 Å².